The minimum atomic E-state index is -0.443. The van der Waals surface area contributed by atoms with Gasteiger partial charge in [-0.15, -0.1) is 11.3 Å². The van der Waals surface area contributed by atoms with Crippen molar-refractivity contribution in [2.45, 2.75) is 20.0 Å². The summed E-state index contributed by atoms with van der Waals surface area (Å²) in [6.45, 7) is 3.80. The summed E-state index contributed by atoms with van der Waals surface area (Å²) in [6, 6.07) is 4.41. The molecule has 0 aliphatic carbocycles. The normalized spacial score (nSPS) is 12.4. The number of thiazole rings is 1. The van der Waals surface area contributed by atoms with Gasteiger partial charge in [-0.05, 0) is 32.0 Å². The molecule has 2 aromatic heterocycles. The van der Waals surface area contributed by atoms with Crippen molar-refractivity contribution < 1.29 is 18.4 Å². The van der Waals surface area contributed by atoms with Crippen LogP contribution in [0.2, 0.25) is 0 Å². The fraction of sp³-hybridized carbons (Fsp3) is 0.312. The van der Waals surface area contributed by atoms with Crippen LogP contribution in [0.5, 0.6) is 5.75 Å². The lowest BCUT2D eigenvalue weighted by Gasteiger charge is -2.03. The number of aryl methyl sites for hydroxylation is 1. The molecule has 0 N–H and O–H groups in total. The highest BCUT2D eigenvalue weighted by atomic mass is 32.1. The highest BCUT2D eigenvalue weighted by molar-refractivity contribution is 7.15. The third-order valence-corrected chi connectivity index (χ3v) is 4.85. The second-order valence-electron chi connectivity index (χ2n) is 5.12. The Bertz CT molecular complexity index is 862. The van der Waals surface area contributed by atoms with Gasteiger partial charge in [0.25, 0.3) is 5.89 Å². The summed E-state index contributed by atoms with van der Waals surface area (Å²) in [6.07, 6.45) is -0.105. The number of ether oxygens (including phenoxy) is 2. The van der Waals surface area contributed by atoms with Crippen molar-refractivity contribution in [2.75, 3.05) is 14.2 Å². The smallest absolute Gasteiger partial charge is 0.270 e. The van der Waals surface area contributed by atoms with Gasteiger partial charge in [-0.1, -0.05) is 5.16 Å². The van der Waals surface area contributed by atoms with Crippen LogP contribution in [-0.2, 0) is 4.74 Å². The molecule has 24 heavy (non-hydrogen) atoms. The molecule has 3 rings (SSSR count). The molecule has 0 spiro atoms. The first kappa shape index (κ1) is 16.5. The molecule has 0 saturated heterocycles. The molecular weight excluding hydrogens is 333 g/mol. The lowest BCUT2D eigenvalue weighted by Crippen LogP contribution is -1.94. The molecule has 8 heteroatoms. The van der Waals surface area contributed by atoms with E-state index in [1.807, 2.05) is 13.8 Å². The van der Waals surface area contributed by atoms with Crippen LogP contribution in [0.4, 0.5) is 4.39 Å². The van der Waals surface area contributed by atoms with Crippen LogP contribution in [0.25, 0.3) is 22.2 Å². The molecule has 2 heterocycles. The van der Waals surface area contributed by atoms with Crippen molar-refractivity contribution in [3.05, 3.63) is 34.7 Å². The van der Waals surface area contributed by atoms with E-state index < -0.39 is 5.82 Å². The molecule has 3 aromatic rings. The van der Waals surface area contributed by atoms with Gasteiger partial charge >= 0.3 is 0 Å². The maximum absolute atomic E-state index is 13.5. The molecule has 0 radical (unpaired) electrons. The van der Waals surface area contributed by atoms with Gasteiger partial charge in [0, 0.05) is 12.7 Å². The van der Waals surface area contributed by atoms with Crippen LogP contribution in [0.1, 0.15) is 23.7 Å². The zero-order valence-corrected chi connectivity index (χ0v) is 14.5. The van der Waals surface area contributed by atoms with E-state index in [0.29, 0.717) is 17.3 Å². The summed E-state index contributed by atoms with van der Waals surface area (Å²) >= 11 is 1.45. The summed E-state index contributed by atoms with van der Waals surface area (Å²) < 4.78 is 29.1. The Morgan fingerprint density at radius 3 is 2.75 bits per heavy atom. The van der Waals surface area contributed by atoms with E-state index in [4.69, 9.17) is 14.0 Å². The summed E-state index contributed by atoms with van der Waals surface area (Å²) in [7, 11) is 3.04. The molecule has 0 saturated carbocycles. The zero-order valence-electron chi connectivity index (χ0n) is 13.7. The molecule has 1 atom stereocenters. The van der Waals surface area contributed by atoms with Crippen LogP contribution in [0.3, 0.4) is 0 Å². The number of hydrogen-bond acceptors (Lipinski definition) is 7. The number of aromatic nitrogens is 3. The van der Waals surface area contributed by atoms with Gasteiger partial charge in [-0.3, -0.25) is 0 Å². The van der Waals surface area contributed by atoms with Crippen molar-refractivity contribution in [3.8, 4) is 27.9 Å². The van der Waals surface area contributed by atoms with Gasteiger partial charge in [0.15, 0.2) is 11.6 Å². The topological polar surface area (TPSA) is 70.3 Å². The summed E-state index contributed by atoms with van der Waals surface area (Å²) in [4.78, 5) is 9.66. The zero-order chi connectivity index (χ0) is 17.3. The Balaban J connectivity index is 1.95. The molecule has 0 bridgehead atoms. The predicted molar refractivity (Wildman–Crippen MR) is 87.5 cm³/mol. The summed E-state index contributed by atoms with van der Waals surface area (Å²) in [5, 5.41) is 4.81. The van der Waals surface area contributed by atoms with E-state index >= 15 is 0 Å². The Hall–Kier alpha value is -2.32. The van der Waals surface area contributed by atoms with E-state index in [0.717, 1.165) is 15.6 Å². The van der Waals surface area contributed by atoms with Crippen LogP contribution in [0.15, 0.2) is 22.7 Å². The fourth-order valence-corrected chi connectivity index (χ4v) is 3.14. The molecular formula is C16H16FN3O3S. The monoisotopic (exact) mass is 349 g/mol. The van der Waals surface area contributed by atoms with E-state index in [1.54, 1.807) is 13.2 Å². The number of rotatable bonds is 5. The first-order valence-corrected chi connectivity index (χ1v) is 8.03. The predicted octanol–water partition coefficient (Wildman–Crippen LogP) is 4.02. The van der Waals surface area contributed by atoms with E-state index in [2.05, 4.69) is 15.1 Å². The Kier molecular flexibility index (Phi) is 4.59. The lowest BCUT2D eigenvalue weighted by molar-refractivity contribution is 0.119. The maximum atomic E-state index is 13.5. The molecule has 6 nitrogen and oxygen atoms in total. The van der Waals surface area contributed by atoms with Crippen LogP contribution in [-0.4, -0.2) is 29.3 Å². The van der Waals surface area contributed by atoms with Crippen LogP contribution < -0.4 is 4.74 Å². The average Bonchev–Trinajstić information content (AvgIpc) is 3.21. The van der Waals surface area contributed by atoms with Crippen molar-refractivity contribution in [3.63, 3.8) is 0 Å². The Morgan fingerprint density at radius 1 is 1.25 bits per heavy atom. The fourth-order valence-electron chi connectivity index (χ4n) is 2.12. The maximum Gasteiger partial charge on any atom is 0.270 e. The molecule has 0 aliphatic rings. The third kappa shape index (κ3) is 3.02. The molecule has 0 aliphatic heterocycles. The van der Waals surface area contributed by atoms with Gasteiger partial charge < -0.3 is 14.0 Å². The lowest BCUT2D eigenvalue weighted by atomic mass is 10.2. The largest absolute Gasteiger partial charge is 0.494 e. The molecule has 1 aromatic carbocycles. The third-order valence-electron chi connectivity index (χ3n) is 3.54. The Morgan fingerprint density at radius 2 is 2.04 bits per heavy atom. The van der Waals surface area contributed by atoms with Crippen LogP contribution >= 0.6 is 11.3 Å². The van der Waals surface area contributed by atoms with Crippen molar-refractivity contribution in [2.24, 2.45) is 0 Å². The van der Waals surface area contributed by atoms with Gasteiger partial charge in [-0.25, -0.2) is 9.37 Å². The first-order valence-electron chi connectivity index (χ1n) is 7.21. The second-order valence-corrected chi connectivity index (χ2v) is 6.15. The highest BCUT2D eigenvalue weighted by Gasteiger charge is 2.20. The minimum Gasteiger partial charge on any atom is -0.494 e. The second kappa shape index (κ2) is 6.66. The number of halogens is 1. The molecule has 1 unspecified atom stereocenters. The van der Waals surface area contributed by atoms with E-state index in [9.17, 15) is 4.39 Å². The molecule has 0 fully saturated rings. The number of methoxy groups -OCH3 is 2. The summed E-state index contributed by atoms with van der Waals surface area (Å²) in [5.41, 5.74) is 1.40. The van der Waals surface area contributed by atoms with Crippen molar-refractivity contribution >= 4 is 11.3 Å². The molecule has 0 amide bonds. The van der Waals surface area contributed by atoms with Crippen molar-refractivity contribution in [1.82, 2.24) is 15.1 Å². The first-order chi connectivity index (χ1) is 11.5. The van der Waals surface area contributed by atoms with Gasteiger partial charge in [0.2, 0.25) is 5.82 Å². The highest BCUT2D eigenvalue weighted by Crippen LogP contribution is 2.34. The van der Waals surface area contributed by atoms with Crippen LogP contribution in [0, 0.1) is 12.7 Å². The molecule has 126 valence electrons. The van der Waals surface area contributed by atoms with E-state index in [-0.39, 0.29) is 11.9 Å². The standard InChI is InChI=1S/C16H16FN3O3S/c1-8-13(24-16(18-8)9(2)21-3)15-19-14(20-23-15)10-5-6-11(17)12(7-10)22-4/h5-7,9H,1-4H3. The van der Waals surface area contributed by atoms with Gasteiger partial charge in [-0.2, -0.15) is 4.98 Å². The van der Waals surface area contributed by atoms with E-state index in [1.165, 1.54) is 30.6 Å². The van der Waals surface area contributed by atoms with Gasteiger partial charge in [0.05, 0.1) is 12.8 Å². The summed E-state index contributed by atoms with van der Waals surface area (Å²) in [5.74, 6) is 0.417. The minimum absolute atomic E-state index is 0.105. The van der Waals surface area contributed by atoms with Gasteiger partial charge in [0.1, 0.15) is 16.0 Å². The average molecular weight is 349 g/mol. The number of nitrogens with zero attached hydrogens (tertiary/aromatic N) is 3. The quantitative estimate of drug-likeness (QED) is 0.693. The number of hydrogen-bond donors (Lipinski definition) is 0. The Labute approximate surface area is 142 Å². The van der Waals surface area contributed by atoms with Crippen molar-refractivity contribution in [1.29, 1.82) is 0 Å². The SMILES string of the molecule is COc1cc(-c2noc(-c3sc(C(C)OC)nc3C)n2)ccc1F. The number of benzene rings is 1.